The zero-order valence-corrected chi connectivity index (χ0v) is 11.4. The molecule has 0 bridgehead atoms. The van der Waals surface area contributed by atoms with Crippen molar-refractivity contribution in [2.45, 2.75) is 10.3 Å². The second-order valence-electron chi connectivity index (χ2n) is 2.89. The molecule has 14 heavy (non-hydrogen) atoms. The number of allylic oxidation sites excluding steroid dienone is 4. The van der Waals surface area contributed by atoms with Crippen LogP contribution in [0.1, 0.15) is 0 Å². The Morgan fingerprint density at radius 1 is 1.29 bits per heavy atom. The van der Waals surface area contributed by atoms with Gasteiger partial charge in [0.2, 0.25) is 0 Å². The number of hydrogen-bond acceptors (Lipinski definition) is 0. The van der Waals surface area contributed by atoms with Gasteiger partial charge >= 0.3 is 0 Å². The molecule has 0 aromatic rings. The average molecular weight is 315 g/mol. The van der Waals surface area contributed by atoms with Gasteiger partial charge in [0.15, 0.2) is 0 Å². The summed E-state index contributed by atoms with van der Waals surface area (Å²) < 4.78 is 0. The molecule has 0 radical (unpaired) electrons. The molecule has 6 heteroatoms. The van der Waals surface area contributed by atoms with E-state index in [1.807, 2.05) is 0 Å². The van der Waals surface area contributed by atoms with E-state index in [0.29, 0.717) is 15.6 Å². The SMILES string of the molecule is ClCC1=C(Cl)C(Cl)=CC(Cl)(CCl)C1Cl. The van der Waals surface area contributed by atoms with Gasteiger partial charge in [0, 0.05) is 11.8 Å². The molecule has 1 aliphatic rings. The Morgan fingerprint density at radius 3 is 2.29 bits per heavy atom. The summed E-state index contributed by atoms with van der Waals surface area (Å²) in [5.41, 5.74) is 0.609. The Hall–Kier alpha value is 1.22. The first-order valence-corrected chi connectivity index (χ1v) is 6.32. The monoisotopic (exact) mass is 312 g/mol. The van der Waals surface area contributed by atoms with Gasteiger partial charge in [-0.05, 0) is 11.6 Å². The Balaban J connectivity index is 3.17. The third kappa shape index (κ3) is 2.31. The molecule has 0 saturated heterocycles. The molecule has 0 aromatic carbocycles. The number of hydrogen-bond donors (Lipinski definition) is 0. The molecule has 0 heterocycles. The predicted molar refractivity (Wildman–Crippen MR) is 66.5 cm³/mol. The van der Waals surface area contributed by atoms with Crippen LogP contribution in [0.2, 0.25) is 0 Å². The lowest BCUT2D eigenvalue weighted by atomic mass is 9.95. The van der Waals surface area contributed by atoms with Crippen molar-refractivity contribution in [3.05, 3.63) is 21.7 Å². The van der Waals surface area contributed by atoms with E-state index < -0.39 is 10.3 Å². The summed E-state index contributed by atoms with van der Waals surface area (Å²) in [7, 11) is 0. The van der Waals surface area contributed by atoms with Crippen molar-refractivity contribution in [1.82, 2.24) is 0 Å². The molecule has 0 saturated carbocycles. The van der Waals surface area contributed by atoms with E-state index >= 15 is 0 Å². The third-order valence-electron chi connectivity index (χ3n) is 1.93. The summed E-state index contributed by atoms with van der Waals surface area (Å²) in [5.74, 6) is 0.325. The van der Waals surface area contributed by atoms with Crippen molar-refractivity contribution in [1.29, 1.82) is 0 Å². The van der Waals surface area contributed by atoms with Crippen LogP contribution in [0.3, 0.4) is 0 Å². The Morgan fingerprint density at radius 2 is 1.86 bits per heavy atom. The quantitative estimate of drug-likeness (QED) is 0.649. The first kappa shape index (κ1) is 13.3. The molecular weight excluding hydrogens is 309 g/mol. The molecule has 2 unspecified atom stereocenters. The standard InChI is InChI=1S/C8H6Cl6/c9-2-4-6(12)5(11)1-8(14,3-10)7(4)13/h1,7H,2-3H2. The summed E-state index contributed by atoms with van der Waals surface area (Å²) in [6, 6.07) is 0. The van der Waals surface area contributed by atoms with Gasteiger partial charge in [0.1, 0.15) is 0 Å². The van der Waals surface area contributed by atoms with E-state index in [1.165, 1.54) is 0 Å². The number of alkyl halides is 4. The summed E-state index contributed by atoms with van der Waals surface area (Å²) in [6.07, 6.45) is 1.55. The van der Waals surface area contributed by atoms with Crippen LogP contribution in [-0.4, -0.2) is 22.0 Å². The van der Waals surface area contributed by atoms with E-state index in [0.717, 1.165) is 0 Å². The van der Waals surface area contributed by atoms with Crippen LogP contribution in [-0.2, 0) is 0 Å². The normalized spacial score (nSPS) is 33.3. The van der Waals surface area contributed by atoms with Crippen molar-refractivity contribution < 1.29 is 0 Å². The van der Waals surface area contributed by atoms with Crippen LogP contribution in [0.4, 0.5) is 0 Å². The summed E-state index contributed by atoms with van der Waals surface area (Å²) >= 11 is 35.5. The van der Waals surface area contributed by atoms with Crippen molar-refractivity contribution in [3.8, 4) is 0 Å². The van der Waals surface area contributed by atoms with Crippen LogP contribution in [0.15, 0.2) is 21.7 Å². The second-order valence-corrected chi connectivity index (χ2v) is 5.35. The molecular formula is C8H6Cl6. The highest BCUT2D eigenvalue weighted by molar-refractivity contribution is 6.48. The Kier molecular flexibility index (Phi) is 4.78. The van der Waals surface area contributed by atoms with Crippen molar-refractivity contribution in [2.24, 2.45) is 0 Å². The van der Waals surface area contributed by atoms with Gasteiger partial charge in [-0.3, -0.25) is 0 Å². The summed E-state index contributed by atoms with van der Waals surface area (Å²) in [6.45, 7) is 0. The first-order chi connectivity index (χ1) is 6.46. The molecule has 2 atom stereocenters. The van der Waals surface area contributed by atoms with Gasteiger partial charge in [-0.25, -0.2) is 0 Å². The van der Waals surface area contributed by atoms with E-state index in [1.54, 1.807) is 6.08 Å². The predicted octanol–water partition coefficient (Wildman–Crippen LogP) is 4.68. The third-order valence-corrected chi connectivity index (χ3v) is 4.87. The minimum Gasteiger partial charge on any atom is -0.124 e. The Labute approximate surface area is 113 Å². The molecule has 80 valence electrons. The highest BCUT2D eigenvalue weighted by Crippen LogP contribution is 2.43. The van der Waals surface area contributed by atoms with Crippen LogP contribution in [0.5, 0.6) is 0 Å². The van der Waals surface area contributed by atoms with Crippen LogP contribution in [0, 0.1) is 0 Å². The molecule has 1 rings (SSSR count). The lowest BCUT2D eigenvalue weighted by Crippen LogP contribution is -2.37. The van der Waals surface area contributed by atoms with E-state index in [2.05, 4.69) is 0 Å². The van der Waals surface area contributed by atoms with Gasteiger partial charge in [-0.2, -0.15) is 0 Å². The zero-order chi connectivity index (χ0) is 10.9. The highest BCUT2D eigenvalue weighted by Gasteiger charge is 2.40. The van der Waals surface area contributed by atoms with Gasteiger partial charge in [0.25, 0.3) is 0 Å². The lowest BCUT2D eigenvalue weighted by molar-refractivity contribution is 0.762. The van der Waals surface area contributed by atoms with Crippen LogP contribution in [0.25, 0.3) is 0 Å². The van der Waals surface area contributed by atoms with Gasteiger partial charge < -0.3 is 0 Å². The number of rotatable bonds is 2. The fourth-order valence-corrected chi connectivity index (χ4v) is 3.11. The average Bonchev–Trinajstić information content (AvgIpc) is 2.16. The largest absolute Gasteiger partial charge is 0.124 e. The van der Waals surface area contributed by atoms with Gasteiger partial charge in [-0.15, -0.1) is 46.4 Å². The number of halogens is 6. The van der Waals surface area contributed by atoms with Crippen molar-refractivity contribution in [2.75, 3.05) is 11.8 Å². The molecule has 0 aromatic heterocycles. The fourth-order valence-electron chi connectivity index (χ4n) is 1.13. The molecule has 0 aliphatic heterocycles. The minimum atomic E-state index is -0.914. The zero-order valence-electron chi connectivity index (χ0n) is 6.84. The summed E-state index contributed by atoms with van der Waals surface area (Å²) in [5, 5.41) is 0.173. The Bertz CT molecular complexity index is 294. The first-order valence-electron chi connectivity index (χ1n) is 3.68. The lowest BCUT2D eigenvalue weighted by Gasteiger charge is -2.32. The molecule has 0 fully saturated rings. The molecule has 0 N–H and O–H groups in total. The van der Waals surface area contributed by atoms with E-state index in [9.17, 15) is 0 Å². The van der Waals surface area contributed by atoms with Crippen molar-refractivity contribution >= 4 is 69.6 Å². The van der Waals surface area contributed by atoms with Crippen LogP contribution >= 0.6 is 69.6 Å². The van der Waals surface area contributed by atoms with Gasteiger partial charge in [-0.1, -0.05) is 23.2 Å². The van der Waals surface area contributed by atoms with Gasteiger partial charge in [0.05, 0.1) is 20.3 Å². The smallest absolute Gasteiger partial charge is 0.0980 e. The molecule has 0 nitrogen and oxygen atoms in total. The summed E-state index contributed by atoms with van der Waals surface area (Å²) in [4.78, 5) is -0.914. The minimum absolute atomic E-state index is 0.142. The maximum atomic E-state index is 6.17. The maximum Gasteiger partial charge on any atom is 0.0980 e. The van der Waals surface area contributed by atoms with Crippen molar-refractivity contribution in [3.63, 3.8) is 0 Å². The molecule has 1 aliphatic carbocycles. The van der Waals surface area contributed by atoms with Crippen LogP contribution < -0.4 is 0 Å². The highest BCUT2D eigenvalue weighted by atomic mass is 35.5. The van der Waals surface area contributed by atoms with E-state index in [4.69, 9.17) is 69.6 Å². The fraction of sp³-hybridized carbons (Fsp3) is 0.500. The second kappa shape index (κ2) is 5.03. The molecule has 0 amide bonds. The maximum absolute atomic E-state index is 6.17. The topological polar surface area (TPSA) is 0 Å². The molecule has 0 spiro atoms. The van der Waals surface area contributed by atoms with E-state index in [-0.39, 0.29) is 11.8 Å².